The van der Waals surface area contributed by atoms with Crippen molar-refractivity contribution in [3.05, 3.63) is 36.0 Å². The highest BCUT2D eigenvalue weighted by molar-refractivity contribution is 7.92. The average Bonchev–Trinajstić information content (AvgIpc) is 3.02. The fourth-order valence-electron chi connectivity index (χ4n) is 2.35. The van der Waals surface area contributed by atoms with E-state index in [1.165, 1.54) is 6.92 Å². The summed E-state index contributed by atoms with van der Waals surface area (Å²) in [6, 6.07) is 7.31. The topological polar surface area (TPSA) is 114 Å². The minimum Gasteiger partial charge on any atom is -0.492 e. The molecule has 10 heteroatoms. The van der Waals surface area contributed by atoms with Crippen molar-refractivity contribution in [1.29, 1.82) is 0 Å². The van der Waals surface area contributed by atoms with E-state index < -0.39 is 21.8 Å². The Morgan fingerprint density at radius 1 is 1.32 bits per heavy atom. The number of fused-ring (bicyclic) bond motifs is 1. The summed E-state index contributed by atoms with van der Waals surface area (Å²) in [5.41, 5.74) is 0.858. The summed E-state index contributed by atoms with van der Waals surface area (Å²) in [6.07, 6.45) is 1.50. The first kappa shape index (κ1) is 17.4. The van der Waals surface area contributed by atoms with Gasteiger partial charge in [0.05, 0.1) is 12.1 Å². The van der Waals surface area contributed by atoms with Crippen LogP contribution in [0.1, 0.15) is 12.5 Å². The highest BCUT2D eigenvalue weighted by atomic mass is 32.2. The number of hydrogen-bond donors (Lipinski definition) is 2. The van der Waals surface area contributed by atoms with Crippen molar-refractivity contribution >= 4 is 38.3 Å². The molecule has 2 heterocycles. The zero-order valence-corrected chi connectivity index (χ0v) is 14.8. The Morgan fingerprint density at radius 2 is 2.08 bits per heavy atom. The van der Waals surface area contributed by atoms with Crippen molar-refractivity contribution in [2.75, 3.05) is 11.9 Å². The average molecular weight is 381 g/mol. The van der Waals surface area contributed by atoms with E-state index in [0.29, 0.717) is 12.2 Å². The first-order valence-electron chi connectivity index (χ1n) is 7.36. The Morgan fingerprint density at radius 3 is 2.84 bits per heavy atom. The molecule has 2 amide bonds. The number of benzene rings is 1. The number of nitrogens with zero attached hydrogens (tertiary/aromatic N) is 1. The number of sulfonamides is 1. The van der Waals surface area contributed by atoms with E-state index in [9.17, 15) is 18.0 Å². The lowest BCUT2D eigenvalue weighted by Gasteiger charge is -2.24. The third-order valence-corrected chi connectivity index (χ3v) is 6.24. The number of carbonyl (C=O) groups excluding carboxylic acids is 2. The predicted octanol–water partition coefficient (Wildman–Crippen LogP) is 1.16. The molecular formula is C15H15N3O5S2. The van der Waals surface area contributed by atoms with Gasteiger partial charge >= 0.3 is 0 Å². The zero-order valence-electron chi connectivity index (χ0n) is 13.2. The molecule has 8 nitrogen and oxygen atoms in total. The first-order chi connectivity index (χ1) is 11.8. The highest BCUT2D eigenvalue weighted by Gasteiger charge is 2.30. The summed E-state index contributed by atoms with van der Waals surface area (Å²) in [6.45, 7) is 1.40. The molecule has 1 aromatic heterocycles. The van der Waals surface area contributed by atoms with Crippen molar-refractivity contribution in [2.45, 2.75) is 17.6 Å². The van der Waals surface area contributed by atoms with Crippen LogP contribution >= 0.6 is 11.3 Å². The van der Waals surface area contributed by atoms with Crippen LogP contribution in [0, 0.1) is 5.92 Å². The second kappa shape index (κ2) is 6.81. The fraction of sp³-hybridized carbons (Fsp3) is 0.267. The highest BCUT2D eigenvalue weighted by Crippen LogP contribution is 2.28. The number of ether oxygens (including phenoxy) is 1. The van der Waals surface area contributed by atoms with E-state index in [4.69, 9.17) is 4.74 Å². The van der Waals surface area contributed by atoms with Crippen LogP contribution in [0.2, 0.25) is 0 Å². The molecule has 0 bridgehead atoms. The van der Waals surface area contributed by atoms with Gasteiger partial charge in [0.15, 0.2) is 9.34 Å². The number of rotatable bonds is 4. The van der Waals surface area contributed by atoms with E-state index in [1.807, 2.05) is 18.2 Å². The second-order valence-corrected chi connectivity index (χ2v) is 8.40. The van der Waals surface area contributed by atoms with Gasteiger partial charge in [-0.15, -0.1) is 0 Å². The van der Waals surface area contributed by atoms with E-state index >= 15 is 0 Å². The van der Waals surface area contributed by atoms with E-state index in [2.05, 4.69) is 15.0 Å². The Labute approximate surface area is 148 Å². The van der Waals surface area contributed by atoms with Crippen LogP contribution < -0.4 is 14.8 Å². The number of para-hydroxylation sites is 1. The molecule has 0 saturated heterocycles. The van der Waals surface area contributed by atoms with Gasteiger partial charge in [-0.1, -0.05) is 29.5 Å². The standard InChI is InChI=1S/C15H15N3O5S2/c1-9(19)17-15-16-7-13(24-15)25(21,22)18-14(20)11-6-10-4-2-3-5-12(10)23-8-11/h2-5,7,11H,6,8H2,1H3,(H,18,20)(H,16,17,19)/t11-/m1/s1. The smallest absolute Gasteiger partial charge is 0.275 e. The number of nitrogens with one attached hydrogen (secondary N) is 2. The van der Waals surface area contributed by atoms with Gasteiger partial charge in [0.25, 0.3) is 10.0 Å². The molecule has 25 heavy (non-hydrogen) atoms. The first-order valence-corrected chi connectivity index (χ1v) is 9.66. The van der Waals surface area contributed by atoms with Crippen molar-refractivity contribution < 1.29 is 22.7 Å². The van der Waals surface area contributed by atoms with Crippen molar-refractivity contribution in [1.82, 2.24) is 9.71 Å². The summed E-state index contributed by atoms with van der Waals surface area (Å²) in [7, 11) is -4.05. The molecule has 0 radical (unpaired) electrons. The summed E-state index contributed by atoms with van der Waals surface area (Å²) < 4.78 is 32.0. The summed E-state index contributed by atoms with van der Waals surface area (Å²) >= 11 is 0.768. The fourth-order valence-corrected chi connectivity index (χ4v) is 4.47. The predicted molar refractivity (Wildman–Crippen MR) is 90.9 cm³/mol. The molecule has 1 aliphatic rings. The third kappa shape index (κ3) is 3.97. The number of hydrogen-bond acceptors (Lipinski definition) is 7. The summed E-state index contributed by atoms with van der Waals surface area (Å²) in [5, 5.41) is 2.54. The largest absolute Gasteiger partial charge is 0.492 e. The Bertz CT molecular complexity index is 923. The van der Waals surface area contributed by atoms with Crippen molar-refractivity contribution in [3.63, 3.8) is 0 Å². The molecule has 132 valence electrons. The Balaban J connectivity index is 1.70. The van der Waals surface area contributed by atoms with Crippen LogP contribution in [0.3, 0.4) is 0 Å². The van der Waals surface area contributed by atoms with E-state index in [1.54, 1.807) is 6.07 Å². The molecule has 2 N–H and O–H groups in total. The quantitative estimate of drug-likeness (QED) is 0.821. The number of thiazole rings is 1. The van der Waals surface area contributed by atoms with Crippen LogP contribution in [-0.4, -0.2) is 31.8 Å². The normalized spacial score (nSPS) is 16.4. The van der Waals surface area contributed by atoms with Gasteiger partial charge in [-0.3, -0.25) is 9.59 Å². The molecule has 2 aromatic rings. The molecular weight excluding hydrogens is 366 g/mol. The molecule has 1 aliphatic heterocycles. The van der Waals surface area contributed by atoms with E-state index in [0.717, 1.165) is 23.1 Å². The van der Waals surface area contributed by atoms with Crippen LogP contribution in [0.25, 0.3) is 0 Å². The minimum atomic E-state index is -4.05. The lowest BCUT2D eigenvalue weighted by atomic mass is 9.96. The van der Waals surface area contributed by atoms with Gasteiger partial charge in [-0.2, -0.15) is 0 Å². The molecule has 1 aromatic carbocycles. The lowest BCUT2D eigenvalue weighted by Crippen LogP contribution is -2.40. The maximum absolute atomic E-state index is 12.3. The molecule has 0 spiro atoms. The van der Waals surface area contributed by atoms with Gasteiger partial charge in [-0.25, -0.2) is 18.1 Å². The number of amides is 2. The van der Waals surface area contributed by atoms with E-state index in [-0.39, 0.29) is 21.9 Å². The number of anilines is 1. The molecule has 0 aliphatic carbocycles. The Kier molecular flexibility index (Phi) is 4.73. The van der Waals surface area contributed by atoms with Crippen LogP contribution in [0.4, 0.5) is 5.13 Å². The third-order valence-electron chi connectivity index (χ3n) is 3.52. The van der Waals surface area contributed by atoms with Crippen molar-refractivity contribution in [2.24, 2.45) is 5.92 Å². The van der Waals surface area contributed by atoms with Gasteiger partial charge in [0.1, 0.15) is 12.4 Å². The number of carbonyl (C=O) groups is 2. The molecule has 3 rings (SSSR count). The second-order valence-electron chi connectivity index (χ2n) is 5.46. The number of aromatic nitrogens is 1. The SMILES string of the molecule is CC(=O)Nc1ncc(S(=O)(=O)NC(=O)[C@H]2COc3ccccc3C2)s1. The summed E-state index contributed by atoms with van der Waals surface area (Å²) in [4.78, 5) is 27.1. The zero-order chi connectivity index (χ0) is 18.0. The van der Waals surface area contributed by atoms with Crippen LogP contribution in [-0.2, 0) is 26.0 Å². The van der Waals surface area contributed by atoms with Crippen LogP contribution in [0.5, 0.6) is 5.75 Å². The molecule has 0 fully saturated rings. The monoisotopic (exact) mass is 381 g/mol. The molecule has 0 unspecified atom stereocenters. The van der Waals surface area contributed by atoms with Gasteiger partial charge < -0.3 is 10.1 Å². The van der Waals surface area contributed by atoms with Gasteiger partial charge in [0, 0.05) is 6.92 Å². The van der Waals surface area contributed by atoms with Gasteiger partial charge in [0.2, 0.25) is 11.8 Å². The maximum Gasteiger partial charge on any atom is 0.275 e. The van der Waals surface area contributed by atoms with Crippen LogP contribution in [0.15, 0.2) is 34.7 Å². The summed E-state index contributed by atoms with van der Waals surface area (Å²) in [5.74, 6) is -0.895. The van der Waals surface area contributed by atoms with Crippen molar-refractivity contribution in [3.8, 4) is 5.75 Å². The minimum absolute atomic E-state index is 0.109. The molecule has 1 atom stereocenters. The lowest BCUT2D eigenvalue weighted by molar-refractivity contribution is -0.124. The van der Waals surface area contributed by atoms with Gasteiger partial charge in [-0.05, 0) is 18.1 Å². The molecule has 0 saturated carbocycles. The maximum atomic E-state index is 12.3. The Hall–Kier alpha value is -2.46.